The number of para-hydroxylation sites is 1. The maximum absolute atomic E-state index is 13.3. The fourth-order valence-corrected chi connectivity index (χ4v) is 3.14. The van der Waals surface area contributed by atoms with Gasteiger partial charge >= 0.3 is 0 Å². The molecule has 146 valence electrons. The molecule has 0 saturated heterocycles. The molecule has 0 bridgehead atoms. The van der Waals surface area contributed by atoms with Crippen LogP contribution in [0.2, 0.25) is 0 Å². The van der Waals surface area contributed by atoms with Gasteiger partial charge in [-0.25, -0.2) is 13.8 Å². The molecule has 0 unspecified atom stereocenters. The highest BCUT2D eigenvalue weighted by atomic mass is 19.1. The number of aryl methyl sites for hydroxylation is 1. The van der Waals surface area contributed by atoms with E-state index in [1.165, 1.54) is 33.8 Å². The van der Waals surface area contributed by atoms with E-state index in [-0.39, 0.29) is 18.3 Å². The third kappa shape index (κ3) is 3.40. The molecule has 2 aromatic carbocycles. The molecule has 1 amide bonds. The highest BCUT2D eigenvalue weighted by molar-refractivity contribution is 5.92. The smallest absolute Gasteiger partial charge is 0.293 e. The van der Waals surface area contributed by atoms with Gasteiger partial charge in [0.15, 0.2) is 0 Å². The Kier molecular flexibility index (Phi) is 4.67. The average Bonchev–Trinajstić information content (AvgIpc) is 3.18. The Morgan fingerprint density at radius 1 is 1.10 bits per heavy atom. The first-order valence-electron chi connectivity index (χ1n) is 8.98. The first kappa shape index (κ1) is 18.5. The summed E-state index contributed by atoms with van der Waals surface area (Å²) in [6.45, 7) is 1.54. The van der Waals surface area contributed by atoms with Crippen molar-refractivity contribution in [2.24, 2.45) is 0 Å². The minimum absolute atomic E-state index is 0.213. The number of rotatable bonds is 4. The first-order valence-corrected chi connectivity index (χ1v) is 8.98. The highest BCUT2D eigenvalue weighted by Crippen LogP contribution is 2.18. The zero-order valence-corrected chi connectivity index (χ0v) is 15.9. The van der Waals surface area contributed by atoms with Gasteiger partial charge in [0.05, 0.1) is 17.6 Å². The lowest BCUT2D eigenvalue weighted by Gasteiger charge is -2.17. The minimum Gasteiger partial charge on any atom is -0.314 e. The number of halogens is 1. The molecule has 8 heteroatoms. The maximum atomic E-state index is 13.3. The summed E-state index contributed by atoms with van der Waals surface area (Å²) in [5, 5.41) is 9.13. The molecule has 0 saturated carbocycles. The zero-order valence-electron chi connectivity index (χ0n) is 15.9. The van der Waals surface area contributed by atoms with Gasteiger partial charge in [0.25, 0.3) is 5.56 Å². The lowest BCUT2D eigenvalue weighted by atomic mass is 10.2. The van der Waals surface area contributed by atoms with Crippen molar-refractivity contribution in [1.29, 1.82) is 0 Å². The van der Waals surface area contributed by atoms with Crippen molar-refractivity contribution >= 4 is 22.5 Å². The number of aromatic nitrogens is 4. The van der Waals surface area contributed by atoms with E-state index in [2.05, 4.69) is 10.2 Å². The predicted octanol–water partition coefficient (Wildman–Crippen LogP) is 2.69. The molecule has 0 aliphatic rings. The second-order valence-electron chi connectivity index (χ2n) is 6.63. The number of carbonyl (C=O) groups excluding carboxylic acids is 1. The summed E-state index contributed by atoms with van der Waals surface area (Å²) in [4.78, 5) is 27.3. The number of anilines is 1. The molecule has 7 nitrogen and oxygen atoms in total. The van der Waals surface area contributed by atoms with Crippen LogP contribution in [0.15, 0.2) is 65.6 Å². The van der Waals surface area contributed by atoms with Crippen molar-refractivity contribution in [2.45, 2.75) is 13.5 Å². The number of likely N-dealkylation sites (N-methyl/N-ethyl adjacent to an activating group) is 1. The van der Waals surface area contributed by atoms with E-state index in [1.54, 1.807) is 20.2 Å². The predicted molar refractivity (Wildman–Crippen MR) is 108 cm³/mol. The van der Waals surface area contributed by atoms with Crippen molar-refractivity contribution in [2.75, 3.05) is 11.9 Å². The van der Waals surface area contributed by atoms with Crippen molar-refractivity contribution in [3.8, 4) is 5.69 Å². The topological polar surface area (TPSA) is 73.0 Å². The van der Waals surface area contributed by atoms with E-state index in [1.807, 2.05) is 30.3 Å². The van der Waals surface area contributed by atoms with Gasteiger partial charge in [0.1, 0.15) is 17.9 Å². The Morgan fingerprint density at radius 2 is 1.79 bits per heavy atom. The number of nitrogens with zero attached hydrogens (tertiary/aromatic N) is 5. The number of benzene rings is 2. The molecular formula is C21H18FN5O2. The Labute approximate surface area is 165 Å². The van der Waals surface area contributed by atoms with E-state index in [0.717, 1.165) is 10.4 Å². The number of hydrogen-bond donors (Lipinski definition) is 0. The fraction of sp³-hybridized carbons (Fsp3) is 0.143. The van der Waals surface area contributed by atoms with E-state index in [9.17, 15) is 14.0 Å². The van der Waals surface area contributed by atoms with Crippen molar-refractivity contribution < 1.29 is 9.18 Å². The molecule has 29 heavy (non-hydrogen) atoms. The maximum Gasteiger partial charge on any atom is 0.293 e. The molecule has 0 N–H and O–H groups in total. The SMILES string of the molecule is Cc1nn(CC(=O)N(C)c2ccccc2)c(=O)c2c1cnn2-c1ccc(F)cc1. The summed E-state index contributed by atoms with van der Waals surface area (Å²) in [7, 11) is 1.65. The summed E-state index contributed by atoms with van der Waals surface area (Å²) in [6, 6.07) is 14.8. The van der Waals surface area contributed by atoms with Gasteiger partial charge in [-0.15, -0.1) is 0 Å². The summed E-state index contributed by atoms with van der Waals surface area (Å²) in [5.74, 6) is -0.660. The molecule has 2 heterocycles. The third-order valence-electron chi connectivity index (χ3n) is 4.74. The Bertz CT molecular complexity index is 1250. The minimum atomic E-state index is -0.442. The monoisotopic (exact) mass is 391 g/mol. The van der Waals surface area contributed by atoms with Crippen molar-refractivity contribution in [3.63, 3.8) is 0 Å². The van der Waals surface area contributed by atoms with Crippen LogP contribution in [0.3, 0.4) is 0 Å². The lowest BCUT2D eigenvalue weighted by Crippen LogP contribution is -2.35. The average molecular weight is 391 g/mol. The summed E-state index contributed by atoms with van der Waals surface area (Å²) in [6.07, 6.45) is 1.55. The largest absolute Gasteiger partial charge is 0.314 e. The second kappa shape index (κ2) is 7.31. The Balaban J connectivity index is 1.75. The van der Waals surface area contributed by atoms with Crippen LogP contribution in [-0.4, -0.2) is 32.5 Å². The van der Waals surface area contributed by atoms with Gasteiger partial charge in [-0.2, -0.15) is 10.2 Å². The summed E-state index contributed by atoms with van der Waals surface area (Å²) < 4.78 is 15.8. The number of carbonyl (C=O) groups is 1. The van der Waals surface area contributed by atoms with Crippen LogP contribution in [0.25, 0.3) is 16.6 Å². The van der Waals surface area contributed by atoms with Gasteiger partial charge in [-0.1, -0.05) is 18.2 Å². The zero-order chi connectivity index (χ0) is 20.5. The number of amides is 1. The lowest BCUT2D eigenvalue weighted by molar-refractivity contribution is -0.119. The Hall–Kier alpha value is -3.81. The van der Waals surface area contributed by atoms with Gasteiger partial charge < -0.3 is 4.90 Å². The van der Waals surface area contributed by atoms with E-state index in [4.69, 9.17) is 0 Å². The van der Waals surface area contributed by atoms with Crippen LogP contribution in [0, 0.1) is 12.7 Å². The van der Waals surface area contributed by atoms with Crippen LogP contribution in [0.4, 0.5) is 10.1 Å². The van der Waals surface area contributed by atoms with Gasteiger partial charge in [0.2, 0.25) is 5.91 Å². The molecule has 0 aliphatic carbocycles. The Morgan fingerprint density at radius 3 is 2.48 bits per heavy atom. The third-order valence-corrected chi connectivity index (χ3v) is 4.74. The van der Waals surface area contributed by atoms with Crippen LogP contribution in [0.1, 0.15) is 5.69 Å². The molecule has 0 spiro atoms. The van der Waals surface area contributed by atoms with Gasteiger partial charge in [-0.3, -0.25) is 9.59 Å². The van der Waals surface area contributed by atoms with Crippen LogP contribution in [0.5, 0.6) is 0 Å². The van der Waals surface area contributed by atoms with Crippen molar-refractivity contribution in [3.05, 3.63) is 82.7 Å². The molecule has 0 aliphatic heterocycles. The second-order valence-corrected chi connectivity index (χ2v) is 6.63. The summed E-state index contributed by atoms with van der Waals surface area (Å²) >= 11 is 0. The van der Waals surface area contributed by atoms with Gasteiger partial charge in [0, 0.05) is 18.1 Å². The van der Waals surface area contributed by atoms with Gasteiger partial charge in [-0.05, 0) is 43.3 Å². The summed E-state index contributed by atoms with van der Waals surface area (Å²) in [5.41, 5.74) is 1.69. The molecule has 4 rings (SSSR count). The molecule has 0 atom stereocenters. The molecule has 2 aromatic heterocycles. The first-order chi connectivity index (χ1) is 14.0. The molecular weight excluding hydrogens is 373 g/mol. The van der Waals surface area contributed by atoms with Crippen molar-refractivity contribution in [1.82, 2.24) is 19.6 Å². The van der Waals surface area contributed by atoms with E-state index >= 15 is 0 Å². The molecule has 0 radical (unpaired) electrons. The van der Waals surface area contributed by atoms with Crippen LogP contribution < -0.4 is 10.5 Å². The number of fused-ring (bicyclic) bond motifs is 1. The van der Waals surface area contributed by atoms with E-state index in [0.29, 0.717) is 22.3 Å². The number of hydrogen-bond acceptors (Lipinski definition) is 4. The molecule has 0 fully saturated rings. The quantitative estimate of drug-likeness (QED) is 0.536. The highest BCUT2D eigenvalue weighted by Gasteiger charge is 2.18. The van der Waals surface area contributed by atoms with Crippen LogP contribution in [-0.2, 0) is 11.3 Å². The standard InChI is InChI=1S/C21H18FN5O2/c1-14-18-12-23-27(17-10-8-15(22)9-11-17)20(18)21(29)26(24-14)13-19(28)25(2)16-6-4-3-5-7-16/h3-12H,13H2,1-2H3. The molecule has 4 aromatic rings. The van der Waals surface area contributed by atoms with E-state index < -0.39 is 5.56 Å². The normalized spacial score (nSPS) is 11.0. The van der Waals surface area contributed by atoms with Crippen LogP contribution >= 0.6 is 0 Å². The fourth-order valence-electron chi connectivity index (χ4n) is 3.14.